The van der Waals surface area contributed by atoms with Gasteiger partial charge in [0.25, 0.3) is 0 Å². The second-order valence-electron chi connectivity index (χ2n) is 2.01. The summed E-state index contributed by atoms with van der Waals surface area (Å²) in [6.45, 7) is 7.11. The third-order valence-electron chi connectivity index (χ3n) is 1.19. The van der Waals surface area contributed by atoms with E-state index in [-0.39, 0.29) is 0 Å². The quantitative estimate of drug-likeness (QED) is 0.471. The molecule has 0 radical (unpaired) electrons. The van der Waals surface area contributed by atoms with Crippen LogP contribution in [0.3, 0.4) is 0 Å². The molecule has 0 saturated heterocycles. The lowest BCUT2D eigenvalue weighted by Gasteiger charge is -2.25. The highest BCUT2D eigenvalue weighted by Crippen LogP contribution is 1.87. The van der Waals surface area contributed by atoms with E-state index in [4.69, 9.17) is 0 Å². The summed E-state index contributed by atoms with van der Waals surface area (Å²) in [6, 6.07) is 0. The molecule has 3 heteroatoms. The molecule has 0 aromatic rings. The molecule has 1 N–H and O–H groups in total. The summed E-state index contributed by atoms with van der Waals surface area (Å²) in [6.07, 6.45) is 7.06. The molecule has 62 valence electrons. The number of nitrogens with zero attached hydrogens (tertiary/aromatic N) is 2. The van der Waals surface area contributed by atoms with Gasteiger partial charge in [-0.15, -0.1) is 5.12 Å². The maximum Gasteiger partial charge on any atom is 0.0277 e. The van der Waals surface area contributed by atoms with Crippen LogP contribution < -0.4 is 5.43 Å². The Morgan fingerprint density at radius 1 is 1.27 bits per heavy atom. The molecule has 0 rings (SSSR count). The first-order valence-corrected chi connectivity index (χ1v) is 3.35. The fourth-order valence-corrected chi connectivity index (χ4v) is 0.509. The monoisotopic (exact) mass is 153 g/mol. The first-order valence-electron chi connectivity index (χ1n) is 3.35. The number of allylic oxidation sites excluding steroid dienone is 2. The van der Waals surface area contributed by atoms with Gasteiger partial charge in [0.15, 0.2) is 0 Å². The van der Waals surface area contributed by atoms with Crippen molar-refractivity contribution in [3.05, 3.63) is 37.7 Å². The molecule has 0 amide bonds. The molecule has 0 atom stereocenters. The van der Waals surface area contributed by atoms with E-state index >= 15 is 0 Å². The zero-order chi connectivity index (χ0) is 8.69. The molecule has 0 aliphatic heterocycles. The van der Waals surface area contributed by atoms with Gasteiger partial charge in [-0.3, -0.25) is 5.01 Å². The van der Waals surface area contributed by atoms with E-state index in [9.17, 15) is 0 Å². The summed E-state index contributed by atoms with van der Waals surface area (Å²) >= 11 is 0. The largest absolute Gasteiger partial charge is 0.309 e. The second-order valence-corrected chi connectivity index (χ2v) is 2.01. The fraction of sp³-hybridized carbons (Fsp3) is 0.250. The molecule has 0 spiro atoms. The van der Waals surface area contributed by atoms with Gasteiger partial charge in [0.2, 0.25) is 0 Å². The smallest absolute Gasteiger partial charge is 0.0277 e. The average Bonchev–Trinajstić information content (AvgIpc) is 2.00. The van der Waals surface area contributed by atoms with Gasteiger partial charge < -0.3 is 5.43 Å². The molecular weight excluding hydrogens is 138 g/mol. The van der Waals surface area contributed by atoms with Crippen LogP contribution in [-0.4, -0.2) is 24.2 Å². The minimum absolute atomic E-state index is 1.61. The minimum Gasteiger partial charge on any atom is -0.309 e. The number of rotatable bonds is 5. The molecule has 0 saturated carbocycles. The Bertz CT molecular complexity index is 151. The van der Waals surface area contributed by atoms with Crippen molar-refractivity contribution < 1.29 is 0 Å². The molecule has 3 nitrogen and oxygen atoms in total. The van der Waals surface area contributed by atoms with Gasteiger partial charge in [-0.2, -0.15) is 0 Å². The second kappa shape index (κ2) is 5.56. The van der Waals surface area contributed by atoms with Crippen LogP contribution in [0.15, 0.2) is 37.7 Å². The highest BCUT2D eigenvalue weighted by molar-refractivity contribution is 4.95. The first-order chi connectivity index (χ1) is 5.22. The molecule has 0 heterocycles. The first kappa shape index (κ1) is 9.78. The van der Waals surface area contributed by atoms with Crippen molar-refractivity contribution in [2.75, 3.05) is 14.1 Å². The summed E-state index contributed by atoms with van der Waals surface area (Å²) in [7, 11) is 3.80. The predicted molar refractivity (Wildman–Crippen MR) is 48.2 cm³/mol. The summed E-state index contributed by atoms with van der Waals surface area (Å²) < 4.78 is 0. The maximum atomic E-state index is 3.57. The van der Waals surface area contributed by atoms with Crippen molar-refractivity contribution in [2.45, 2.75) is 0 Å². The van der Waals surface area contributed by atoms with Crippen molar-refractivity contribution in [2.24, 2.45) is 0 Å². The Balaban J connectivity index is 3.79. The topological polar surface area (TPSA) is 18.5 Å². The summed E-state index contributed by atoms with van der Waals surface area (Å²) in [4.78, 5) is 0. The van der Waals surface area contributed by atoms with Crippen molar-refractivity contribution in [1.29, 1.82) is 0 Å². The van der Waals surface area contributed by atoms with Crippen LogP contribution in [0.4, 0.5) is 0 Å². The van der Waals surface area contributed by atoms with Gasteiger partial charge in [-0.05, 0) is 6.08 Å². The average molecular weight is 153 g/mol. The van der Waals surface area contributed by atoms with E-state index < -0.39 is 0 Å². The Morgan fingerprint density at radius 3 is 2.36 bits per heavy atom. The molecule has 0 aliphatic rings. The molecule has 11 heavy (non-hydrogen) atoms. The normalized spacial score (nSPS) is 10.1. The lowest BCUT2D eigenvalue weighted by molar-refractivity contribution is 0.0405. The van der Waals surface area contributed by atoms with E-state index in [1.165, 1.54) is 0 Å². The van der Waals surface area contributed by atoms with Crippen molar-refractivity contribution in [3.8, 4) is 0 Å². The summed E-state index contributed by atoms with van der Waals surface area (Å²) in [5.41, 5.74) is 2.89. The molecule has 0 bridgehead atoms. The lowest BCUT2D eigenvalue weighted by Crippen LogP contribution is -2.40. The van der Waals surface area contributed by atoms with Crippen LogP contribution >= 0.6 is 0 Å². The zero-order valence-electron chi connectivity index (χ0n) is 7.12. The van der Waals surface area contributed by atoms with E-state index in [1.807, 2.05) is 31.4 Å². The Labute approximate surface area is 68.2 Å². The van der Waals surface area contributed by atoms with Crippen LogP contribution in [0.25, 0.3) is 0 Å². The van der Waals surface area contributed by atoms with Crippen LogP contribution in [0.1, 0.15) is 0 Å². The highest BCUT2D eigenvalue weighted by Gasteiger charge is 1.94. The van der Waals surface area contributed by atoms with Gasteiger partial charge in [0.05, 0.1) is 0 Å². The Morgan fingerprint density at radius 2 is 1.91 bits per heavy atom. The zero-order valence-corrected chi connectivity index (χ0v) is 7.12. The van der Waals surface area contributed by atoms with E-state index in [0.29, 0.717) is 0 Å². The molecular formula is C8H15N3. The van der Waals surface area contributed by atoms with Crippen molar-refractivity contribution >= 4 is 0 Å². The van der Waals surface area contributed by atoms with E-state index in [2.05, 4.69) is 18.6 Å². The lowest BCUT2D eigenvalue weighted by atomic mass is 10.6. The molecule has 0 aromatic heterocycles. The maximum absolute atomic E-state index is 3.57. The van der Waals surface area contributed by atoms with E-state index in [1.54, 1.807) is 17.4 Å². The molecule has 0 fully saturated rings. The van der Waals surface area contributed by atoms with Gasteiger partial charge in [0, 0.05) is 26.5 Å². The van der Waals surface area contributed by atoms with Gasteiger partial charge in [-0.1, -0.05) is 19.2 Å². The van der Waals surface area contributed by atoms with Crippen LogP contribution in [0, 0.1) is 0 Å². The third kappa shape index (κ3) is 4.22. The molecule has 0 aliphatic carbocycles. The third-order valence-corrected chi connectivity index (χ3v) is 1.19. The van der Waals surface area contributed by atoms with Crippen molar-refractivity contribution in [3.63, 3.8) is 0 Å². The summed E-state index contributed by atoms with van der Waals surface area (Å²) in [5, 5.41) is 3.65. The number of hydrogen-bond acceptors (Lipinski definition) is 3. The molecule has 0 aromatic carbocycles. The van der Waals surface area contributed by atoms with Crippen molar-refractivity contribution in [1.82, 2.24) is 15.6 Å². The van der Waals surface area contributed by atoms with Crippen LogP contribution in [0.2, 0.25) is 0 Å². The van der Waals surface area contributed by atoms with Gasteiger partial charge >= 0.3 is 0 Å². The predicted octanol–water partition coefficient (Wildman–Crippen LogP) is 1.11. The molecule has 0 unspecified atom stereocenters. The number of hydrazine groups is 2. The van der Waals surface area contributed by atoms with Gasteiger partial charge in [0.1, 0.15) is 0 Å². The number of hydrogen-bond donors (Lipinski definition) is 1. The van der Waals surface area contributed by atoms with Crippen LogP contribution in [-0.2, 0) is 0 Å². The fourth-order valence-electron chi connectivity index (χ4n) is 0.509. The van der Waals surface area contributed by atoms with E-state index in [0.717, 1.165) is 0 Å². The summed E-state index contributed by atoms with van der Waals surface area (Å²) in [5.74, 6) is 0. The highest BCUT2D eigenvalue weighted by atomic mass is 15.8. The standard InChI is InChI=1S/C8H15N3/c1-5-7-8-10(3)11(4)9-6-2/h5-9H,1-2H2,3-4H3/b8-7-. The SMILES string of the molecule is C=C/C=C\N(C)N(C)NC=C. The minimum atomic E-state index is 1.61. The Kier molecular flexibility index (Phi) is 4.94. The Hall–Kier alpha value is -1.22. The number of nitrogens with one attached hydrogen (secondary N) is 1. The van der Waals surface area contributed by atoms with Gasteiger partial charge in [-0.25, -0.2) is 0 Å². The van der Waals surface area contributed by atoms with Crippen LogP contribution in [0.5, 0.6) is 0 Å².